The van der Waals surface area contributed by atoms with Gasteiger partial charge in [-0.25, -0.2) is 4.39 Å². The van der Waals surface area contributed by atoms with Crippen LogP contribution in [-0.2, 0) is 0 Å². The van der Waals surface area contributed by atoms with Crippen LogP contribution < -0.4 is 11.1 Å². The van der Waals surface area contributed by atoms with Crippen LogP contribution in [0.25, 0.3) is 10.1 Å². The average molecular weight is 276 g/mol. The van der Waals surface area contributed by atoms with E-state index in [2.05, 4.69) is 11.2 Å². The van der Waals surface area contributed by atoms with E-state index in [4.69, 9.17) is 12.2 Å². The van der Waals surface area contributed by atoms with Crippen molar-refractivity contribution >= 4 is 33.0 Å². The van der Waals surface area contributed by atoms with Crippen LogP contribution in [0.5, 0.6) is 0 Å². The third kappa shape index (κ3) is 2.54. The van der Waals surface area contributed by atoms with E-state index in [-0.39, 0.29) is 17.6 Å². The first-order valence-electron chi connectivity index (χ1n) is 5.75. The molecule has 98 valence electrons. The number of fused-ring (bicyclic) bond motifs is 1. The van der Waals surface area contributed by atoms with Gasteiger partial charge in [0.2, 0.25) is 0 Å². The highest BCUT2D eigenvalue weighted by molar-refractivity contribution is 7.21. The molecule has 2 aromatic rings. The summed E-state index contributed by atoms with van der Waals surface area (Å²) < 4.78 is 14.3. The fourth-order valence-electron chi connectivity index (χ4n) is 1.82. The van der Waals surface area contributed by atoms with Gasteiger partial charge in [-0.15, -0.1) is 23.7 Å². The van der Waals surface area contributed by atoms with Gasteiger partial charge in [-0.2, -0.15) is 0 Å². The first-order chi connectivity index (χ1) is 9.04. The number of anilines is 1. The zero-order valence-corrected chi connectivity index (χ0v) is 11.2. The number of nitrogens with two attached hydrogens (primary N) is 1. The summed E-state index contributed by atoms with van der Waals surface area (Å²) in [5.41, 5.74) is 6.04. The summed E-state index contributed by atoms with van der Waals surface area (Å²) >= 11 is 1.18. The molecule has 1 heterocycles. The normalized spacial score (nSPS) is 12.1. The van der Waals surface area contributed by atoms with E-state index in [0.717, 1.165) is 0 Å². The number of carbonyl (C=O) groups excluding carboxylic acids is 1. The van der Waals surface area contributed by atoms with Crippen molar-refractivity contribution in [2.75, 3.05) is 5.73 Å². The Morgan fingerprint density at radius 2 is 2.37 bits per heavy atom. The van der Waals surface area contributed by atoms with Gasteiger partial charge < -0.3 is 11.1 Å². The molecule has 0 aliphatic rings. The van der Waals surface area contributed by atoms with E-state index in [9.17, 15) is 9.18 Å². The minimum atomic E-state index is -0.415. The number of benzene rings is 1. The van der Waals surface area contributed by atoms with Crippen molar-refractivity contribution in [2.45, 2.75) is 19.4 Å². The molecule has 19 heavy (non-hydrogen) atoms. The predicted molar refractivity (Wildman–Crippen MR) is 76.6 cm³/mol. The van der Waals surface area contributed by atoms with Gasteiger partial charge in [0.05, 0.1) is 11.1 Å². The molecule has 1 aromatic heterocycles. The minimum absolute atomic E-state index is 0.146. The molecule has 5 heteroatoms. The maximum absolute atomic E-state index is 13.7. The minimum Gasteiger partial charge on any atom is -0.397 e. The standard InChI is InChI=1S/C14H13FN2OS/c1-3-5-8(2)17-14(18)13-12(16)11-9(15)6-4-7-10(11)19-13/h1,4,6-8H,5,16H2,2H3,(H,17,18). The van der Waals surface area contributed by atoms with Crippen molar-refractivity contribution in [3.8, 4) is 12.3 Å². The summed E-state index contributed by atoms with van der Waals surface area (Å²) in [5, 5.41) is 3.05. The largest absolute Gasteiger partial charge is 0.397 e. The molecule has 3 nitrogen and oxygen atoms in total. The summed E-state index contributed by atoms with van der Waals surface area (Å²) in [6.07, 6.45) is 5.62. The number of halogens is 1. The highest BCUT2D eigenvalue weighted by Gasteiger charge is 2.19. The molecule has 0 radical (unpaired) electrons. The van der Waals surface area contributed by atoms with E-state index in [1.54, 1.807) is 12.1 Å². The van der Waals surface area contributed by atoms with E-state index >= 15 is 0 Å². The monoisotopic (exact) mass is 276 g/mol. The molecule has 0 aliphatic carbocycles. The van der Waals surface area contributed by atoms with Crippen LogP contribution >= 0.6 is 11.3 Å². The number of terminal acetylenes is 1. The zero-order valence-electron chi connectivity index (χ0n) is 10.4. The maximum atomic E-state index is 13.7. The SMILES string of the molecule is C#CCC(C)NC(=O)c1sc2cccc(F)c2c1N. The van der Waals surface area contributed by atoms with Gasteiger partial charge in [0.25, 0.3) is 5.91 Å². The van der Waals surface area contributed by atoms with Gasteiger partial charge in [-0.05, 0) is 19.1 Å². The van der Waals surface area contributed by atoms with E-state index in [0.29, 0.717) is 21.4 Å². The fourth-order valence-corrected chi connectivity index (χ4v) is 2.85. The maximum Gasteiger partial charge on any atom is 0.263 e. The molecule has 1 amide bonds. The Morgan fingerprint density at radius 1 is 1.63 bits per heavy atom. The Labute approximate surface area is 114 Å². The van der Waals surface area contributed by atoms with Crippen molar-refractivity contribution in [1.82, 2.24) is 5.32 Å². The van der Waals surface area contributed by atoms with Gasteiger partial charge >= 0.3 is 0 Å². The first kappa shape index (κ1) is 13.4. The lowest BCUT2D eigenvalue weighted by molar-refractivity contribution is 0.0946. The number of nitrogens with one attached hydrogen (secondary N) is 1. The van der Waals surface area contributed by atoms with Crippen LogP contribution in [-0.4, -0.2) is 11.9 Å². The molecule has 1 aromatic carbocycles. The van der Waals surface area contributed by atoms with Crippen molar-refractivity contribution < 1.29 is 9.18 Å². The smallest absolute Gasteiger partial charge is 0.263 e. The summed E-state index contributed by atoms with van der Waals surface area (Å²) in [7, 11) is 0. The second-order valence-electron chi connectivity index (χ2n) is 4.24. The Hall–Kier alpha value is -2.06. The number of nitrogen functional groups attached to an aromatic ring is 1. The molecule has 1 unspecified atom stereocenters. The number of hydrogen-bond acceptors (Lipinski definition) is 3. The third-order valence-electron chi connectivity index (χ3n) is 2.71. The van der Waals surface area contributed by atoms with Gasteiger partial charge in [-0.1, -0.05) is 6.07 Å². The predicted octanol–water partition coefficient (Wildman–Crippen LogP) is 2.76. The van der Waals surface area contributed by atoms with E-state index in [1.165, 1.54) is 17.4 Å². The van der Waals surface area contributed by atoms with Crippen molar-refractivity contribution in [2.24, 2.45) is 0 Å². The molecular weight excluding hydrogens is 263 g/mol. The lowest BCUT2D eigenvalue weighted by atomic mass is 10.2. The molecule has 0 saturated carbocycles. The number of amides is 1. The third-order valence-corrected chi connectivity index (χ3v) is 3.88. The number of hydrogen-bond donors (Lipinski definition) is 2. The number of carbonyl (C=O) groups is 1. The Kier molecular flexibility index (Phi) is 3.72. The van der Waals surface area contributed by atoms with Crippen LogP contribution in [0.1, 0.15) is 23.0 Å². The fraction of sp³-hybridized carbons (Fsp3) is 0.214. The topological polar surface area (TPSA) is 55.1 Å². The van der Waals surface area contributed by atoms with Crippen molar-refractivity contribution in [3.05, 3.63) is 28.9 Å². The summed E-state index contributed by atoms with van der Waals surface area (Å²) in [6, 6.07) is 4.51. The molecule has 1 atom stereocenters. The van der Waals surface area contributed by atoms with Gasteiger partial charge in [0.15, 0.2) is 0 Å². The van der Waals surface area contributed by atoms with Gasteiger partial charge in [-0.3, -0.25) is 4.79 Å². The molecule has 0 spiro atoms. The molecule has 0 aliphatic heterocycles. The van der Waals surface area contributed by atoms with Crippen molar-refractivity contribution in [3.63, 3.8) is 0 Å². The van der Waals surface area contributed by atoms with Gasteiger partial charge in [0.1, 0.15) is 10.7 Å². The Balaban J connectivity index is 2.36. The number of thiophene rings is 1. The van der Waals surface area contributed by atoms with Crippen molar-refractivity contribution in [1.29, 1.82) is 0 Å². The second-order valence-corrected chi connectivity index (χ2v) is 5.29. The molecule has 2 rings (SSSR count). The van der Waals surface area contributed by atoms with Gasteiger partial charge in [0, 0.05) is 17.2 Å². The Morgan fingerprint density at radius 3 is 3.00 bits per heavy atom. The highest BCUT2D eigenvalue weighted by atomic mass is 32.1. The molecule has 0 fully saturated rings. The molecule has 0 saturated heterocycles. The van der Waals surface area contributed by atoms with Crippen LogP contribution in [0.4, 0.5) is 10.1 Å². The summed E-state index contributed by atoms with van der Waals surface area (Å²) in [6.45, 7) is 1.81. The average Bonchev–Trinajstić information content (AvgIpc) is 2.68. The summed E-state index contributed by atoms with van der Waals surface area (Å²) in [5.74, 6) is 1.74. The van der Waals surface area contributed by atoms with Crippen LogP contribution in [0.3, 0.4) is 0 Å². The number of rotatable bonds is 3. The highest BCUT2D eigenvalue weighted by Crippen LogP contribution is 2.35. The van der Waals surface area contributed by atoms with E-state index < -0.39 is 5.82 Å². The van der Waals surface area contributed by atoms with Crippen LogP contribution in [0.2, 0.25) is 0 Å². The molecule has 3 N–H and O–H groups in total. The Bertz CT molecular complexity index is 672. The first-order valence-corrected chi connectivity index (χ1v) is 6.57. The molecule has 0 bridgehead atoms. The lowest BCUT2D eigenvalue weighted by Gasteiger charge is -2.09. The van der Waals surface area contributed by atoms with Crippen LogP contribution in [0.15, 0.2) is 18.2 Å². The zero-order chi connectivity index (χ0) is 14.0. The quantitative estimate of drug-likeness (QED) is 0.847. The summed E-state index contributed by atoms with van der Waals surface area (Å²) in [4.78, 5) is 12.4. The second kappa shape index (κ2) is 5.29. The van der Waals surface area contributed by atoms with E-state index in [1.807, 2.05) is 6.92 Å². The van der Waals surface area contributed by atoms with Crippen LogP contribution in [0, 0.1) is 18.2 Å². The lowest BCUT2D eigenvalue weighted by Crippen LogP contribution is -2.32. The molecular formula is C14H13FN2OS.